The van der Waals surface area contributed by atoms with Gasteiger partial charge in [0.2, 0.25) is 0 Å². The van der Waals surface area contributed by atoms with E-state index >= 15 is 0 Å². The second kappa shape index (κ2) is 8.03. The third kappa shape index (κ3) is 3.98. The molecule has 3 rings (SSSR count). The van der Waals surface area contributed by atoms with Crippen LogP contribution in [0.4, 0.5) is 5.69 Å². The van der Waals surface area contributed by atoms with Gasteiger partial charge in [0.15, 0.2) is 5.11 Å². The second-order valence-corrected chi connectivity index (χ2v) is 7.09. The molecule has 0 saturated heterocycles. The molecule has 132 valence electrons. The third-order valence-corrected chi connectivity index (χ3v) is 4.88. The van der Waals surface area contributed by atoms with Crippen LogP contribution in [-0.4, -0.2) is 18.1 Å². The van der Waals surface area contributed by atoms with Crippen molar-refractivity contribution in [1.82, 2.24) is 5.32 Å². The Bertz CT molecular complexity index is 1010. The summed E-state index contributed by atoms with van der Waals surface area (Å²) in [4.78, 5) is 12.7. The lowest BCUT2D eigenvalue weighted by molar-refractivity contribution is 0.0979. The van der Waals surface area contributed by atoms with Gasteiger partial charge >= 0.3 is 0 Å². The van der Waals surface area contributed by atoms with E-state index in [1.165, 1.54) is 0 Å². The number of rotatable bonds is 3. The zero-order chi connectivity index (χ0) is 18.7. The van der Waals surface area contributed by atoms with Crippen LogP contribution in [0.3, 0.4) is 0 Å². The smallest absolute Gasteiger partial charge is 0.258 e. The van der Waals surface area contributed by atoms with Gasteiger partial charge in [-0.15, -0.1) is 0 Å². The van der Waals surface area contributed by atoms with Crippen LogP contribution >= 0.6 is 39.7 Å². The number of halogens is 2. The van der Waals surface area contributed by atoms with Crippen molar-refractivity contribution in [2.24, 2.45) is 0 Å². The first-order valence-corrected chi connectivity index (χ1v) is 9.20. The molecule has 0 heterocycles. The van der Waals surface area contributed by atoms with Gasteiger partial charge in [-0.05, 0) is 53.3 Å². The van der Waals surface area contributed by atoms with Crippen molar-refractivity contribution in [2.45, 2.75) is 0 Å². The van der Waals surface area contributed by atoms with Gasteiger partial charge < -0.3 is 10.1 Å². The third-order valence-electron chi connectivity index (χ3n) is 3.75. The number of amides is 1. The summed E-state index contributed by atoms with van der Waals surface area (Å²) in [7, 11) is 1.55. The second-order valence-electron chi connectivity index (χ2n) is 5.39. The van der Waals surface area contributed by atoms with Crippen LogP contribution in [-0.2, 0) is 0 Å². The molecule has 0 aromatic heterocycles. The van der Waals surface area contributed by atoms with E-state index in [9.17, 15) is 4.79 Å². The Morgan fingerprint density at radius 2 is 1.85 bits per heavy atom. The van der Waals surface area contributed by atoms with E-state index in [0.717, 1.165) is 15.2 Å². The lowest BCUT2D eigenvalue weighted by Crippen LogP contribution is -2.34. The summed E-state index contributed by atoms with van der Waals surface area (Å²) in [5, 5.41) is 8.11. The molecule has 26 heavy (non-hydrogen) atoms. The van der Waals surface area contributed by atoms with Crippen molar-refractivity contribution in [3.8, 4) is 5.75 Å². The van der Waals surface area contributed by atoms with E-state index in [4.69, 9.17) is 28.6 Å². The fraction of sp³-hybridized carbons (Fsp3) is 0.0526. The first kappa shape index (κ1) is 18.6. The highest BCUT2D eigenvalue weighted by Crippen LogP contribution is 2.28. The largest absolute Gasteiger partial charge is 0.495 e. The Labute approximate surface area is 169 Å². The van der Waals surface area contributed by atoms with Gasteiger partial charge in [0.1, 0.15) is 5.75 Å². The van der Waals surface area contributed by atoms with Gasteiger partial charge in [-0.2, -0.15) is 0 Å². The number of fused-ring (bicyclic) bond motifs is 1. The molecule has 4 nitrogen and oxygen atoms in total. The molecule has 0 radical (unpaired) electrons. The van der Waals surface area contributed by atoms with E-state index in [-0.39, 0.29) is 11.0 Å². The lowest BCUT2D eigenvalue weighted by Gasteiger charge is -2.14. The predicted molar refractivity (Wildman–Crippen MR) is 113 cm³/mol. The monoisotopic (exact) mass is 448 g/mol. The summed E-state index contributed by atoms with van der Waals surface area (Å²) >= 11 is 14.8. The van der Waals surface area contributed by atoms with Crippen LogP contribution in [0.1, 0.15) is 10.4 Å². The number of methoxy groups -OCH3 is 1. The van der Waals surface area contributed by atoms with Crippen molar-refractivity contribution in [3.05, 3.63) is 69.7 Å². The number of hydrogen-bond donors (Lipinski definition) is 2. The lowest BCUT2D eigenvalue weighted by atomic mass is 10.0. The molecule has 0 saturated carbocycles. The number of carbonyl (C=O) groups is 1. The summed E-state index contributed by atoms with van der Waals surface area (Å²) in [6.45, 7) is 0. The quantitative estimate of drug-likeness (QED) is 0.526. The van der Waals surface area contributed by atoms with Gasteiger partial charge in [0.05, 0.1) is 12.8 Å². The van der Waals surface area contributed by atoms with Crippen molar-refractivity contribution >= 4 is 67.2 Å². The molecule has 0 atom stereocenters. The Morgan fingerprint density at radius 3 is 2.62 bits per heavy atom. The average Bonchev–Trinajstić information content (AvgIpc) is 2.61. The van der Waals surface area contributed by atoms with Crippen LogP contribution in [0.2, 0.25) is 5.02 Å². The predicted octanol–water partition coefficient (Wildman–Crippen LogP) is 5.39. The van der Waals surface area contributed by atoms with Crippen molar-refractivity contribution < 1.29 is 9.53 Å². The summed E-state index contributed by atoms with van der Waals surface area (Å²) in [5.74, 6) is 0.271. The van der Waals surface area contributed by atoms with E-state index in [0.29, 0.717) is 22.0 Å². The Kier molecular flexibility index (Phi) is 5.76. The SMILES string of the molecule is COc1ccc(Cl)cc1NC(=S)NC(=O)c1cccc2c(Br)cccc12. The van der Waals surface area contributed by atoms with Crippen LogP contribution < -0.4 is 15.4 Å². The van der Waals surface area contributed by atoms with Gasteiger partial charge in [-0.3, -0.25) is 10.1 Å². The summed E-state index contributed by atoms with van der Waals surface area (Å²) < 4.78 is 6.19. The molecule has 0 aliphatic rings. The molecule has 3 aromatic carbocycles. The van der Waals surface area contributed by atoms with Crippen molar-refractivity contribution in [1.29, 1.82) is 0 Å². The number of ether oxygens (including phenoxy) is 1. The van der Waals surface area contributed by atoms with Crippen LogP contribution in [0.15, 0.2) is 59.1 Å². The zero-order valence-electron chi connectivity index (χ0n) is 13.7. The molecule has 0 unspecified atom stereocenters. The first-order valence-electron chi connectivity index (χ1n) is 7.62. The number of thiocarbonyl (C=S) groups is 1. The Hall–Kier alpha value is -2.15. The zero-order valence-corrected chi connectivity index (χ0v) is 16.8. The Balaban J connectivity index is 1.82. The Morgan fingerprint density at radius 1 is 1.12 bits per heavy atom. The highest BCUT2D eigenvalue weighted by Gasteiger charge is 2.13. The highest BCUT2D eigenvalue weighted by molar-refractivity contribution is 9.10. The van der Waals surface area contributed by atoms with Gasteiger partial charge in [0, 0.05) is 15.1 Å². The topological polar surface area (TPSA) is 50.4 Å². The maximum atomic E-state index is 12.7. The molecule has 0 bridgehead atoms. The molecular weight excluding hydrogens is 436 g/mol. The summed E-state index contributed by atoms with van der Waals surface area (Å²) in [6, 6.07) is 16.4. The molecule has 3 aromatic rings. The van der Waals surface area contributed by atoms with Gasteiger partial charge in [-0.25, -0.2) is 0 Å². The maximum absolute atomic E-state index is 12.7. The van der Waals surface area contributed by atoms with Crippen molar-refractivity contribution in [2.75, 3.05) is 12.4 Å². The minimum absolute atomic E-state index is 0.155. The van der Waals surface area contributed by atoms with E-state index < -0.39 is 0 Å². The van der Waals surface area contributed by atoms with Crippen molar-refractivity contribution in [3.63, 3.8) is 0 Å². The normalized spacial score (nSPS) is 10.4. The van der Waals surface area contributed by atoms with Crippen LogP contribution in [0.5, 0.6) is 5.75 Å². The first-order chi connectivity index (χ1) is 12.5. The summed E-state index contributed by atoms with van der Waals surface area (Å²) in [5.41, 5.74) is 1.11. The fourth-order valence-corrected chi connectivity index (χ4v) is 3.44. The van der Waals surface area contributed by atoms with Crippen LogP contribution in [0.25, 0.3) is 10.8 Å². The molecule has 0 aliphatic carbocycles. The summed E-state index contributed by atoms with van der Waals surface area (Å²) in [6.07, 6.45) is 0. The molecule has 0 spiro atoms. The minimum Gasteiger partial charge on any atom is -0.495 e. The highest BCUT2D eigenvalue weighted by atomic mass is 79.9. The molecule has 0 aliphatic heterocycles. The molecular formula is C19H14BrClN2O2S. The number of benzene rings is 3. The molecule has 1 amide bonds. The number of anilines is 1. The van der Waals surface area contributed by atoms with E-state index in [1.54, 1.807) is 31.4 Å². The molecule has 0 fully saturated rings. The average molecular weight is 450 g/mol. The maximum Gasteiger partial charge on any atom is 0.258 e. The minimum atomic E-state index is -0.299. The number of hydrogen-bond acceptors (Lipinski definition) is 3. The fourth-order valence-electron chi connectivity index (χ4n) is 2.57. The molecule has 7 heteroatoms. The number of carbonyl (C=O) groups excluding carboxylic acids is 1. The standard InChI is InChI=1S/C19H14BrClN2O2S/c1-25-17-9-8-11(21)10-16(17)22-19(26)23-18(24)14-6-2-5-13-12(14)4-3-7-15(13)20/h2-10H,1H3,(H2,22,23,24,26). The van der Waals surface area contributed by atoms with Gasteiger partial charge in [0.25, 0.3) is 5.91 Å². The van der Waals surface area contributed by atoms with E-state index in [2.05, 4.69) is 26.6 Å². The van der Waals surface area contributed by atoms with Gasteiger partial charge in [-0.1, -0.05) is 51.8 Å². The molecule has 2 N–H and O–H groups in total. The van der Waals surface area contributed by atoms with Crippen LogP contribution in [0, 0.1) is 0 Å². The van der Waals surface area contributed by atoms with E-state index in [1.807, 2.05) is 30.3 Å². The number of nitrogens with one attached hydrogen (secondary N) is 2.